The standard InChI is InChI=1S/C13H22N4O3/c1-8(2)6-10-15-12(14-5)11(17(18)19)13(16-10)20-7-9(3)4/h8-9H,6-7H2,1-5H3,(H,14,15,16). The molecule has 0 aliphatic carbocycles. The summed E-state index contributed by atoms with van der Waals surface area (Å²) in [4.78, 5) is 19.1. The molecule has 0 aromatic carbocycles. The van der Waals surface area contributed by atoms with Crippen molar-refractivity contribution in [1.82, 2.24) is 9.97 Å². The molecule has 0 amide bonds. The van der Waals surface area contributed by atoms with E-state index in [-0.39, 0.29) is 23.3 Å². The number of nitrogens with one attached hydrogen (secondary N) is 1. The molecule has 0 fully saturated rings. The molecule has 7 nitrogen and oxygen atoms in total. The molecule has 20 heavy (non-hydrogen) atoms. The van der Waals surface area contributed by atoms with E-state index < -0.39 is 4.92 Å². The lowest BCUT2D eigenvalue weighted by molar-refractivity contribution is -0.385. The molecule has 0 aliphatic heterocycles. The minimum absolute atomic E-state index is 0.0405. The number of hydrogen-bond acceptors (Lipinski definition) is 6. The number of nitro groups is 1. The highest BCUT2D eigenvalue weighted by Crippen LogP contribution is 2.32. The molecule has 0 spiro atoms. The lowest BCUT2D eigenvalue weighted by atomic mass is 10.1. The Labute approximate surface area is 118 Å². The molecule has 1 aromatic heterocycles. The van der Waals surface area contributed by atoms with Gasteiger partial charge in [0.15, 0.2) is 0 Å². The van der Waals surface area contributed by atoms with Gasteiger partial charge in [-0.1, -0.05) is 27.7 Å². The van der Waals surface area contributed by atoms with Gasteiger partial charge in [0.2, 0.25) is 5.82 Å². The summed E-state index contributed by atoms with van der Waals surface area (Å²) < 4.78 is 5.49. The first-order chi connectivity index (χ1) is 9.35. The summed E-state index contributed by atoms with van der Waals surface area (Å²) in [5.41, 5.74) is -0.208. The third-order valence-corrected chi connectivity index (χ3v) is 2.46. The summed E-state index contributed by atoms with van der Waals surface area (Å²) in [5, 5.41) is 13.9. The summed E-state index contributed by atoms with van der Waals surface area (Å²) in [7, 11) is 1.60. The molecular formula is C13H22N4O3. The van der Waals surface area contributed by atoms with Crippen molar-refractivity contribution in [2.45, 2.75) is 34.1 Å². The Bertz CT molecular complexity index is 475. The smallest absolute Gasteiger partial charge is 0.372 e. The fourth-order valence-electron chi connectivity index (χ4n) is 1.62. The average molecular weight is 282 g/mol. The average Bonchev–Trinajstić information content (AvgIpc) is 2.34. The zero-order chi connectivity index (χ0) is 15.3. The Morgan fingerprint density at radius 1 is 1.25 bits per heavy atom. The summed E-state index contributed by atoms with van der Waals surface area (Å²) >= 11 is 0. The zero-order valence-electron chi connectivity index (χ0n) is 12.6. The van der Waals surface area contributed by atoms with E-state index in [1.807, 2.05) is 27.7 Å². The van der Waals surface area contributed by atoms with Gasteiger partial charge >= 0.3 is 5.69 Å². The van der Waals surface area contributed by atoms with E-state index in [1.54, 1.807) is 7.05 Å². The lowest BCUT2D eigenvalue weighted by Crippen LogP contribution is -2.12. The summed E-state index contributed by atoms with van der Waals surface area (Å²) in [6.07, 6.45) is 0.644. The van der Waals surface area contributed by atoms with Gasteiger partial charge in [0.05, 0.1) is 11.5 Å². The molecule has 1 N–H and O–H groups in total. The van der Waals surface area contributed by atoms with Crippen LogP contribution in [-0.2, 0) is 6.42 Å². The van der Waals surface area contributed by atoms with Crippen LogP contribution in [0, 0.1) is 22.0 Å². The van der Waals surface area contributed by atoms with E-state index in [1.165, 1.54) is 0 Å². The van der Waals surface area contributed by atoms with Crippen LogP contribution in [0.2, 0.25) is 0 Å². The van der Waals surface area contributed by atoms with Crippen molar-refractivity contribution < 1.29 is 9.66 Å². The Kier molecular flexibility index (Phi) is 5.66. The normalized spacial score (nSPS) is 10.9. The SMILES string of the molecule is CNc1nc(CC(C)C)nc(OCC(C)C)c1[N+](=O)[O-]. The fourth-order valence-corrected chi connectivity index (χ4v) is 1.62. The monoisotopic (exact) mass is 282 g/mol. The highest BCUT2D eigenvalue weighted by Gasteiger charge is 2.26. The van der Waals surface area contributed by atoms with E-state index in [2.05, 4.69) is 15.3 Å². The molecule has 0 atom stereocenters. The van der Waals surface area contributed by atoms with Gasteiger partial charge < -0.3 is 10.1 Å². The second-order valence-corrected chi connectivity index (χ2v) is 5.45. The van der Waals surface area contributed by atoms with Crippen molar-refractivity contribution in [3.8, 4) is 5.88 Å². The second kappa shape index (κ2) is 7.02. The van der Waals surface area contributed by atoms with Crippen molar-refractivity contribution in [3.63, 3.8) is 0 Å². The van der Waals surface area contributed by atoms with Crippen LogP contribution in [0.1, 0.15) is 33.5 Å². The van der Waals surface area contributed by atoms with E-state index in [4.69, 9.17) is 4.74 Å². The predicted molar refractivity (Wildman–Crippen MR) is 77.1 cm³/mol. The number of aromatic nitrogens is 2. The molecule has 112 valence electrons. The molecule has 1 rings (SSSR count). The maximum atomic E-state index is 11.2. The van der Waals surface area contributed by atoms with Crippen molar-refractivity contribution >= 4 is 11.5 Å². The van der Waals surface area contributed by atoms with Crippen LogP contribution in [0.25, 0.3) is 0 Å². The quantitative estimate of drug-likeness (QED) is 0.610. The van der Waals surface area contributed by atoms with Gasteiger partial charge in [-0.15, -0.1) is 0 Å². The molecule has 7 heteroatoms. The molecule has 0 aliphatic rings. The summed E-state index contributed by atoms with van der Waals surface area (Å²) in [6.45, 7) is 8.40. The van der Waals surface area contributed by atoms with Gasteiger partial charge in [0.1, 0.15) is 5.82 Å². The van der Waals surface area contributed by atoms with Crippen LogP contribution >= 0.6 is 0 Å². The molecule has 1 aromatic rings. The third-order valence-electron chi connectivity index (χ3n) is 2.46. The highest BCUT2D eigenvalue weighted by molar-refractivity contribution is 5.61. The number of ether oxygens (including phenoxy) is 1. The Balaban J connectivity index is 3.22. The van der Waals surface area contributed by atoms with Gasteiger partial charge in [-0.2, -0.15) is 4.98 Å². The van der Waals surface area contributed by atoms with E-state index >= 15 is 0 Å². The highest BCUT2D eigenvalue weighted by atomic mass is 16.6. The Hall–Kier alpha value is -1.92. The molecule has 0 saturated heterocycles. The van der Waals surface area contributed by atoms with E-state index in [9.17, 15) is 10.1 Å². The zero-order valence-corrected chi connectivity index (χ0v) is 12.6. The van der Waals surface area contributed by atoms with Crippen LogP contribution in [0.5, 0.6) is 5.88 Å². The first-order valence-electron chi connectivity index (χ1n) is 6.71. The third kappa shape index (κ3) is 4.32. The Morgan fingerprint density at radius 3 is 2.35 bits per heavy atom. The topological polar surface area (TPSA) is 90.2 Å². The molecule has 0 saturated carbocycles. The number of nitrogens with zero attached hydrogens (tertiary/aromatic N) is 3. The maximum absolute atomic E-state index is 11.2. The van der Waals surface area contributed by atoms with Gasteiger partial charge in [-0.25, -0.2) is 4.98 Å². The van der Waals surface area contributed by atoms with Crippen molar-refractivity contribution in [2.24, 2.45) is 11.8 Å². The van der Waals surface area contributed by atoms with Crippen LogP contribution in [0.15, 0.2) is 0 Å². The first-order valence-corrected chi connectivity index (χ1v) is 6.71. The number of hydrogen-bond donors (Lipinski definition) is 1. The summed E-state index contributed by atoms with van der Waals surface area (Å²) in [6, 6.07) is 0. The second-order valence-electron chi connectivity index (χ2n) is 5.45. The molecular weight excluding hydrogens is 260 g/mol. The van der Waals surface area contributed by atoms with Gasteiger partial charge in [0, 0.05) is 13.5 Å². The van der Waals surface area contributed by atoms with Crippen LogP contribution < -0.4 is 10.1 Å². The molecule has 1 heterocycles. The van der Waals surface area contributed by atoms with Crippen molar-refractivity contribution in [2.75, 3.05) is 19.0 Å². The van der Waals surface area contributed by atoms with Crippen LogP contribution in [0.4, 0.5) is 11.5 Å². The van der Waals surface area contributed by atoms with E-state index in [0.29, 0.717) is 24.8 Å². The van der Waals surface area contributed by atoms with Crippen molar-refractivity contribution in [3.05, 3.63) is 15.9 Å². The van der Waals surface area contributed by atoms with E-state index in [0.717, 1.165) is 0 Å². The van der Waals surface area contributed by atoms with Crippen molar-refractivity contribution in [1.29, 1.82) is 0 Å². The molecule has 0 radical (unpaired) electrons. The largest absolute Gasteiger partial charge is 0.472 e. The van der Waals surface area contributed by atoms with Crippen LogP contribution in [-0.4, -0.2) is 28.5 Å². The van der Waals surface area contributed by atoms with Crippen LogP contribution in [0.3, 0.4) is 0 Å². The lowest BCUT2D eigenvalue weighted by Gasteiger charge is -2.12. The predicted octanol–water partition coefficient (Wildman–Crippen LogP) is 2.66. The minimum atomic E-state index is -0.513. The summed E-state index contributed by atoms with van der Waals surface area (Å²) in [5.74, 6) is 1.40. The Morgan fingerprint density at radius 2 is 1.90 bits per heavy atom. The fraction of sp³-hybridized carbons (Fsp3) is 0.692. The van der Waals surface area contributed by atoms with Gasteiger partial charge in [-0.3, -0.25) is 10.1 Å². The molecule has 0 unspecified atom stereocenters. The maximum Gasteiger partial charge on any atom is 0.372 e. The number of anilines is 1. The molecule has 0 bridgehead atoms. The minimum Gasteiger partial charge on any atom is -0.472 e. The van der Waals surface area contributed by atoms with Gasteiger partial charge in [-0.05, 0) is 11.8 Å². The van der Waals surface area contributed by atoms with Gasteiger partial charge in [0.25, 0.3) is 5.88 Å². The number of rotatable bonds is 7. The first kappa shape index (κ1) is 16.1.